The van der Waals surface area contributed by atoms with Crippen LogP contribution in [0.25, 0.3) is 0 Å². The number of hydrogen-bond acceptors (Lipinski definition) is 4. The van der Waals surface area contributed by atoms with Crippen LogP contribution in [0, 0.1) is 11.7 Å². The van der Waals surface area contributed by atoms with Crippen molar-refractivity contribution in [3.63, 3.8) is 0 Å². The van der Waals surface area contributed by atoms with E-state index in [1.165, 1.54) is 12.1 Å². The van der Waals surface area contributed by atoms with Gasteiger partial charge in [0.2, 0.25) is 0 Å². The fraction of sp³-hybridized carbons (Fsp3) is 0.500. The Hall–Kier alpha value is -1.82. The Morgan fingerprint density at radius 2 is 1.93 bits per heavy atom. The lowest BCUT2D eigenvalue weighted by molar-refractivity contribution is -0.0675. The first-order valence-corrected chi connectivity index (χ1v) is 11.2. The molecule has 1 saturated heterocycles. The van der Waals surface area contributed by atoms with Crippen LogP contribution >= 0.6 is 11.6 Å². The number of anilines is 1. The Morgan fingerprint density at radius 1 is 1.13 bits per heavy atom. The number of halogens is 2. The quantitative estimate of drug-likeness (QED) is 0.743. The number of piperazine rings is 1. The zero-order valence-corrected chi connectivity index (χ0v) is 18.2. The summed E-state index contributed by atoms with van der Waals surface area (Å²) in [6.45, 7) is 4.52. The van der Waals surface area contributed by atoms with Crippen molar-refractivity contribution in [3.8, 4) is 5.75 Å². The second-order valence-corrected chi connectivity index (χ2v) is 8.92. The molecule has 2 atom stereocenters. The predicted molar refractivity (Wildman–Crippen MR) is 119 cm³/mol. The first kappa shape index (κ1) is 21.4. The van der Waals surface area contributed by atoms with Crippen LogP contribution in [0.1, 0.15) is 31.2 Å². The second-order valence-electron chi connectivity index (χ2n) is 8.48. The number of benzene rings is 2. The summed E-state index contributed by atoms with van der Waals surface area (Å²) in [5.74, 6) is 0.287. The van der Waals surface area contributed by atoms with Gasteiger partial charge in [-0.15, -0.1) is 0 Å². The van der Waals surface area contributed by atoms with Crippen LogP contribution in [0.2, 0.25) is 5.02 Å². The van der Waals surface area contributed by atoms with Crippen molar-refractivity contribution in [2.24, 2.45) is 5.92 Å². The van der Waals surface area contributed by atoms with Gasteiger partial charge in [0, 0.05) is 54.9 Å². The van der Waals surface area contributed by atoms with Crippen molar-refractivity contribution in [3.05, 3.63) is 58.9 Å². The number of nitrogens with zero attached hydrogens (tertiary/aromatic N) is 2. The third-order valence-electron chi connectivity index (χ3n) is 6.69. The third kappa shape index (κ3) is 4.43. The maximum absolute atomic E-state index is 14.0. The third-order valence-corrected chi connectivity index (χ3v) is 6.92. The van der Waals surface area contributed by atoms with Crippen LogP contribution in [0.3, 0.4) is 0 Å². The summed E-state index contributed by atoms with van der Waals surface area (Å²) >= 11 is 6.15. The fourth-order valence-corrected chi connectivity index (χ4v) is 5.20. The summed E-state index contributed by atoms with van der Waals surface area (Å²) in [7, 11) is 1.58. The lowest BCUT2D eigenvalue weighted by Gasteiger charge is -2.45. The Morgan fingerprint density at radius 3 is 2.67 bits per heavy atom. The molecule has 2 fully saturated rings. The van der Waals surface area contributed by atoms with E-state index in [0.29, 0.717) is 17.7 Å². The number of aliphatic hydroxyl groups is 1. The predicted octanol–water partition coefficient (Wildman–Crippen LogP) is 4.69. The van der Waals surface area contributed by atoms with Gasteiger partial charge in [0.05, 0.1) is 12.7 Å². The van der Waals surface area contributed by atoms with Crippen molar-refractivity contribution in [1.82, 2.24) is 4.90 Å². The van der Waals surface area contributed by atoms with E-state index in [-0.39, 0.29) is 11.7 Å². The molecule has 1 saturated carbocycles. The normalized spacial score (nSPS) is 25.3. The maximum atomic E-state index is 14.0. The van der Waals surface area contributed by atoms with Gasteiger partial charge in [-0.25, -0.2) is 4.39 Å². The van der Waals surface area contributed by atoms with E-state index >= 15 is 0 Å². The maximum Gasteiger partial charge on any atom is 0.125 e. The van der Waals surface area contributed by atoms with E-state index in [0.717, 1.165) is 62.7 Å². The Bertz CT molecular complexity index is 872. The van der Waals surface area contributed by atoms with Gasteiger partial charge in [-0.3, -0.25) is 4.90 Å². The van der Waals surface area contributed by atoms with Crippen LogP contribution in [-0.4, -0.2) is 49.8 Å². The van der Waals surface area contributed by atoms with Gasteiger partial charge >= 0.3 is 0 Å². The molecule has 1 N–H and O–H groups in total. The smallest absolute Gasteiger partial charge is 0.125 e. The van der Waals surface area contributed by atoms with Gasteiger partial charge in [0.1, 0.15) is 11.6 Å². The molecule has 4 nitrogen and oxygen atoms in total. The number of hydrogen-bond donors (Lipinski definition) is 1. The van der Waals surface area contributed by atoms with Crippen LogP contribution < -0.4 is 9.64 Å². The van der Waals surface area contributed by atoms with E-state index in [2.05, 4.69) is 15.9 Å². The number of rotatable bonds is 5. The summed E-state index contributed by atoms with van der Waals surface area (Å²) in [4.78, 5) is 4.78. The highest BCUT2D eigenvalue weighted by molar-refractivity contribution is 6.30. The lowest BCUT2D eigenvalue weighted by Crippen LogP contribution is -2.51. The molecule has 1 aliphatic carbocycles. The summed E-state index contributed by atoms with van der Waals surface area (Å²) in [5.41, 5.74) is 0.684. The van der Waals surface area contributed by atoms with Crippen LogP contribution in [0.15, 0.2) is 42.5 Å². The molecule has 2 aromatic rings. The van der Waals surface area contributed by atoms with Crippen LogP contribution in [0.5, 0.6) is 5.75 Å². The zero-order chi connectivity index (χ0) is 21.1. The van der Waals surface area contributed by atoms with Crippen molar-refractivity contribution >= 4 is 17.3 Å². The standard InChI is InChI=1S/C24H30ClFN2O2/c1-30-23-9-8-20(26)16-22(23)24(29)10-3-2-5-18(24)17-27-11-13-28(14-12-27)21-7-4-6-19(25)15-21/h4,6-9,15-16,18,29H,2-3,5,10-14,17H2,1H3. The minimum Gasteiger partial charge on any atom is -0.496 e. The molecule has 0 aromatic heterocycles. The van der Waals surface area contributed by atoms with Crippen molar-refractivity contribution in [2.75, 3.05) is 44.7 Å². The highest BCUT2D eigenvalue weighted by Gasteiger charge is 2.43. The first-order valence-electron chi connectivity index (χ1n) is 10.8. The minimum absolute atomic E-state index is 0.0552. The Labute approximate surface area is 183 Å². The van der Waals surface area contributed by atoms with Gasteiger partial charge in [-0.1, -0.05) is 30.5 Å². The lowest BCUT2D eigenvalue weighted by atomic mass is 9.71. The van der Waals surface area contributed by atoms with Gasteiger partial charge in [0.25, 0.3) is 0 Å². The molecule has 162 valence electrons. The molecule has 1 heterocycles. The number of ether oxygens (including phenoxy) is 1. The molecule has 1 aliphatic heterocycles. The average molecular weight is 433 g/mol. The molecule has 4 rings (SSSR count). The zero-order valence-electron chi connectivity index (χ0n) is 17.5. The molecule has 0 bridgehead atoms. The molecule has 6 heteroatoms. The molecule has 2 unspecified atom stereocenters. The highest BCUT2D eigenvalue weighted by Crippen LogP contribution is 2.45. The van der Waals surface area contributed by atoms with E-state index in [1.807, 2.05) is 18.2 Å². The summed E-state index contributed by atoms with van der Waals surface area (Å²) in [6.07, 6.45) is 3.60. The molecule has 0 amide bonds. The minimum atomic E-state index is -1.06. The molecule has 2 aromatic carbocycles. The van der Waals surface area contributed by atoms with Crippen LogP contribution in [0.4, 0.5) is 10.1 Å². The second kappa shape index (κ2) is 9.13. The summed E-state index contributed by atoms with van der Waals surface area (Å²) < 4.78 is 19.5. The van der Waals surface area contributed by atoms with E-state index in [1.54, 1.807) is 13.2 Å². The molecular formula is C24H30ClFN2O2. The fourth-order valence-electron chi connectivity index (χ4n) is 5.02. The Kier molecular flexibility index (Phi) is 6.51. The largest absolute Gasteiger partial charge is 0.496 e. The van der Waals surface area contributed by atoms with E-state index < -0.39 is 5.60 Å². The first-order chi connectivity index (χ1) is 14.5. The van der Waals surface area contributed by atoms with Crippen molar-refractivity contribution in [2.45, 2.75) is 31.3 Å². The molecule has 30 heavy (non-hydrogen) atoms. The average Bonchev–Trinajstić information content (AvgIpc) is 2.76. The van der Waals surface area contributed by atoms with Gasteiger partial charge in [-0.2, -0.15) is 0 Å². The van der Waals surface area contributed by atoms with Crippen molar-refractivity contribution < 1.29 is 14.2 Å². The van der Waals surface area contributed by atoms with Crippen molar-refractivity contribution in [1.29, 1.82) is 0 Å². The molecule has 2 aliphatic rings. The summed E-state index contributed by atoms with van der Waals surface area (Å²) in [6, 6.07) is 12.4. The van der Waals surface area contributed by atoms with Gasteiger partial charge < -0.3 is 14.7 Å². The van der Waals surface area contributed by atoms with Gasteiger partial charge in [0.15, 0.2) is 0 Å². The van der Waals surface area contributed by atoms with E-state index in [4.69, 9.17) is 16.3 Å². The Balaban J connectivity index is 1.46. The molecule has 0 radical (unpaired) electrons. The van der Waals surface area contributed by atoms with Gasteiger partial charge in [-0.05, 0) is 49.2 Å². The monoisotopic (exact) mass is 432 g/mol. The topological polar surface area (TPSA) is 35.9 Å². The molecular weight excluding hydrogens is 403 g/mol. The SMILES string of the molecule is COc1ccc(F)cc1C1(O)CCCCC1CN1CCN(c2cccc(Cl)c2)CC1. The van der Waals surface area contributed by atoms with Crippen LogP contribution in [-0.2, 0) is 5.60 Å². The highest BCUT2D eigenvalue weighted by atomic mass is 35.5. The van der Waals surface area contributed by atoms with E-state index in [9.17, 15) is 9.50 Å². The molecule has 0 spiro atoms. The number of methoxy groups -OCH3 is 1. The summed E-state index contributed by atoms with van der Waals surface area (Å²) in [5, 5.41) is 12.5.